The van der Waals surface area contributed by atoms with Gasteiger partial charge >= 0.3 is 0 Å². The third-order valence-corrected chi connectivity index (χ3v) is 8.11. The lowest BCUT2D eigenvalue weighted by Gasteiger charge is -2.31. The summed E-state index contributed by atoms with van der Waals surface area (Å²) in [5.41, 5.74) is 6.54. The van der Waals surface area contributed by atoms with Crippen LogP contribution in [0.4, 0.5) is 0 Å². The Morgan fingerprint density at radius 1 is 0.952 bits per heavy atom. The molecular weight excluding hydrogens is 520 g/mol. The Bertz CT molecular complexity index is 1740. The number of aromatic amines is 1. The molecule has 4 aromatic carbocycles. The second kappa shape index (κ2) is 12.6. The van der Waals surface area contributed by atoms with Crippen LogP contribution in [0.15, 0.2) is 103 Å². The number of rotatable bonds is 7. The summed E-state index contributed by atoms with van der Waals surface area (Å²) >= 11 is 0. The number of piperidine rings is 1. The predicted octanol–water partition coefficient (Wildman–Crippen LogP) is 6.76. The van der Waals surface area contributed by atoms with Gasteiger partial charge in [0.1, 0.15) is 6.10 Å². The first-order valence-corrected chi connectivity index (χ1v) is 14.4. The summed E-state index contributed by atoms with van der Waals surface area (Å²) in [5.74, 6) is 6.30. The van der Waals surface area contributed by atoms with Crippen LogP contribution in [0.3, 0.4) is 0 Å². The van der Waals surface area contributed by atoms with Crippen LogP contribution in [0, 0.1) is 11.8 Å². The van der Waals surface area contributed by atoms with E-state index in [0.29, 0.717) is 17.2 Å². The van der Waals surface area contributed by atoms with Crippen LogP contribution in [-0.2, 0) is 11.3 Å². The Hall–Kier alpha value is -4.47. The first kappa shape index (κ1) is 27.7. The van der Waals surface area contributed by atoms with E-state index >= 15 is 0 Å². The number of ether oxygens (including phenoxy) is 1. The van der Waals surface area contributed by atoms with E-state index < -0.39 is 6.10 Å². The number of nitrogens with zero attached hydrogens (tertiary/aromatic N) is 1. The lowest BCUT2D eigenvalue weighted by atomic mass is 9.89. The SMILES string of the molecule is COC1CCN(Cc2ccc(C#Cc3cccc(C(=O)C(O)c4ccccc4)c3-c3ccc4[nH]ccc4c3)cc2)CC1. The number of methoxy groups -OCH3 is 1. The lowest BCUT2D eigenvalue weighted by Crippen LogP contribution is -2.36. The summed E-state index contributed by atoms with van der Waals surface area (Å²) in [5, 5.41) is 12.1. The minimum absolute atomic E-state index is 0.354. The molecule has 42 heavy (non-hydrogen) atoms. The van der Waals surface area contributed by atoms with Gasteiger partial charge in [-0.05, 0) is 71.3 Å². The summed E-state index contributed by atoms with van der Waals surface area (Å²) < 4.78 is 5.50. The molecule has 210 valence electrons. The van der Waals surface area contributed by atoms with Crippen LogP contribution < -0.4 is 0 Å². The van der Waals surface area contributed by atoms with Crippen molar-refractivity contribution in [3.05, 3.63) is 131 Å². The molecule has 1 saturated heterocycles. The van der Waals surface area contributed by atoms with Crippen LogP contribution in [0.1, 0.15) is 51.6 Å². The Morgan fingerprint density at radius 2 is 1.74 bits per heavy atom. The van der Waals surface area contributed by atoms with Gasteiger partial charge in [0, 0.05) is 60.7 Å². The molecule has 2 N–H and O–H groups in total. The van der Waals surface area contributed by atoms with E-state index in [1.165, 1.54) is 5.56 Å². The first-order valence-electron chi connectivity index (χ1n) is 14.4. The van der Waals surface area contributed by atoms with Crippen LogP contribution in [0.2, 0.25) is 0 Å². The van der Waals surface area contributed by atoms with Gasteiger partial charge < -0.3 is 14.8 Å². The Kier molecular flexibility index (Phi) is 8.30. The number of aliphatic hydroxyl groups excluding tert-OH is 1. The molecular formula is C37H34N2O3. The standard InChI is InChI=1S/C37H34N2O3/c1-42-32-19-22-39(23-20-32)25-27-12-10-26(11-13-27)14-15-28-8-5-9-33(37(41)36(40)29-6-3-2-4-7-29)35(28)31-16-17-34-30(24-31)18-21-38-34/h2-13,16-18,21,24,32,36,38,40H,19-20,22-23,25H2,1H3. The monoisotopic (exact) mass is 554 g/mol. The highest BCUT2D eigenvalue weighted by Crippen LogP contribution is 2.33. The Morgan fingerprint density at radius 3 is 2.50 bits per heavy atom. The second-order valence-electron chi connectivity index (χ2n) is 10.8. The quantitative estimate of drug-likeness (QED) is 0.172. The molecule has 1 unspecified atom stereocenters. The average Bonchev–Trinajstić information content (AvgIpc) is 3.52. The van der Waals surface area contributed by atoms with Gasteiger partial charge in [-0.25, -0.2) is 0 Å². The number of Topliss-reactive ketones (excluding diaryl/α,β-unsaturated/α-hetero) is 1. The van der Waals surface area contributed by atoms with E-state index in [1.54, 1.807) is 25.3 Å². The summed E-state index contributed by atoms with van der Waals surface area (Å²) in [7, 11) is 1.80. The molecule has 1 fully saturated rings. The summed E-state index contributed by atoms with van der Waals surface area (Å²) in [6.45, 7) is 3.01. The molecule has 1 atom stereocenters. The smallest absolute Gasteiger partial charge is 0.196 e. The van der Waals surface area contributed by atoms with Crippen LogP contribution >= 0.6 is 0 Å². The van der Waals surface area contributed by atoms with Crippen molar-refractivity contribution in [2.75, 3.05) is 20.2 Å². The van der Waals surface area contributed by atoms with Crippen molar-refractivity contribution in [2.24, 2.45) is 0 Å². The molecule has 0 spiro atoms. The van der Waals surface area contributed by atoms with Gasteiger partial charge in [-0.2, -0.15) is 0 Å². The van der Waals surface area contributed by atoms with Gasteiger partial charge in [0.15, 0.2) is 5.78 Å². The zero-order valence-electron chi connectivity index (χ0n) is 23.7. The first-order chi connectivity index (χ1) is 20.6. The minimum atomic E-state index is -1.27. The van der Waals surface area contributed by atoms with Crippen molar-refractivity contribution in [1.29, 1.82) is 0 Å². The number of benzene rings is 4. The van der Waals surface area contributed by atoms with Crippen LogP contribution in [-0.4, -0.2) is 47.1 Å². The highest BCUT2D eigenvalue weighted by Gasteiger charge is 2.24. The fourth-order valence-electron chi connectivity index (χ4n) is 5.71. The number of H-pyrrole nitrogens is 1. The van der Waals surface area contributed by atoms with Crippen molar-refractivity contribution in [3.63, 3.8) is 0 Å². The number of hydrogen-bond acceptors (Lipinski definition) is 4. The van der Waals surface area contributed by atoms with E-state index in [1.807, 2.05) is 54.7 Å². The molecule has 0 saturated carbocycles. The number of carbonyl (C=O) groups is 1. The molecule has 2 heterocycles. The third-order valence-electron chi connectivity index (χ3n) is 8.11. The van der Waals surface area contributed by atoms with Gasteiger partial charge in [0.2, 0.25) is 0 Å². The van der Waals surface area contributed by atoms with Crippen molar-refractivity contribution in [2.45, 2.75) is 31.6 Å². The molecule has 0 radical (unpaired) electrons. The van der Waals surface area contributed by atoms with E-state index in [-0.39, 0.29) is 5.78 Å². The molecule has 5 nitrogen and oxygen atoms in total. The maximum Gasteiger partial charge on any atom is 0.196 e. The van der Waals surface area contributed by atoms with Crippen molar-refractivity contribution in [3.8, 4) is 23.0 Å². The molecule has 5 aromatic rings. The topological polar surface area (TPSA) is 65.6 Å². The van der Waals surface area contributed by atoms with Crippen molar-refractivity contribution < 1.29 is 14.6 Å². The fourth-order valence-corrected chi connectivity index (χ4v) is 5.71. The number of carbonyl (C=O) groups excluding carboxylic acids is 1. The predicted molar refractivity (Wildman–Crippen MR) is 167 cm³/mol. The summed E-state index contributed by atoms with van der Waals surface area (Å²) in [4.78, 5) is 19.4. The molecule has 0 bridgehead atoms. The molecule has 1 aliphatic rings. The van der Waals surface area contributed by atoms with Gasteiger partial charge in [0.25, 0.3) is 0 Å². The van der Waals surface area contributed by atoms with E-state index in [2.05, 4.69) is 52.1 Å². The number of nitrogens with one attached hydrogen (secondary N) is 1. The zero-order valence-corrected chi connectivity index (χ0v) is 23.7. The van der Waals surface area contributed by atoms with Gasteiger partial charge in [-0.3, -0.25) is 9.69 Å². The number of ketones is 1. The maximum atomic E-state index is 13.7. The molecule has 0 amide bonds. The number of hydrogen-bond donors (Lipinski definition) is 2. The fraction of sp³-hybridized carbons (Fsp3) is 0.216. The van der Waals surface area contributed by atoms with Gasteiger partial charge in [-0.15, -0.1) is 0 Å². The Balaban J connectivity index is 1.31. The van der Waals surface area contributed by atoms with Gasteiger partial charge in [0.05, 0.1) is 6.10 Å². The number of likely N-dealkylation sites (tertiary alicyclic amines) is 1. The molecule has 0 aliphatic carbocycles. The maximum absolute atomic E-state index is 13.7. The van der Waals surface area contributed by atoms with Crippen LogP contribution in [0.5, 0.6) is 0 Å². The lowest BCUT2D eigenvalue weighted by molar-refractivity contribution is 0.0388. The normalized spacial score (nSPS) is 14.8. The summed E-state index contributed by atoms with van der Waals surface area (Å²) in [6.07, 6.45) is 3.16. The van der Waals surface area contributed by atoms with Gasteiger partial charge in [-0.1, -0.05) is 72.5 Å². The third kappa shape index (κ3) is 6.07. The minimum Gasteiger partial charge on any atom is -0.381 e. The number of aliphatic hydroxyl groups is 1. The van der Waals surface area contributed by atoms with Crippen molar-refractivity contribution in [1.82, 2.24) is 9.88 Å². The average molecular weight is 555 g/mol. The van der Waals surface area contributed by atoms with Crippen LogP contribution in [0.25, 0.3) is 22.0 Å². The van der Waals surface area contributed by atoms with E-state index in [0.717, 1.165) is 65.6 Å². The molecule has 1 aromatic heterocycles. The molecule has 6 rings (SSSR count). The highest BCUT2D eigenvalue weighted by molar-refractivity contribution is 6.07. The second-order valence-corrected chi connectivity index (χ2v) is 10.8. The Labute approximate surface area is 246 Å². The number of aromatic nitrogens is 1. The summed E-state index contributed by atoms with van der Waals surface area (Å²) in [6, 6.07) is 31.1. The number of fused-ring (bicyclic) bond motifs is 1. The van der Waals surface area contributed by atoms with E-state index in [9.17, 15) is 9.90 Å². The highest BCUT2D eigenvalue weighted by atomic mass is 16.5. The van der Waals surface area contributed by atoms with E-state index in [4.69, 9.17) is 4.74 Å². The largest absolute Gasteiger partial charge is 0.381 e. The molecule has 1 aliphatic heterocycles. The zero-order chi connectivity index (χ0) is 28.9. The van der Waals surface area contributed by atoms with Crippen molar-refractivity contribution >= 4 is 16.7 Å². The molecule has 5 heteroatoms.